The van der Waals surface area contributed by atoms with Crippen LogP contribution in [0.1, 0.15) is 37.2 Å². The number of hydrogen-bond acceptors (Lipinski definition) is 5. The quantitative estimate of drug-likeness (QED) is 0.787. The van der Waals surface area contributed by atoms with Gasteiger partial charge in [-0.05, 0) is 25.8 Å². The Balaban J connectivity index is 2.09. The molecule has 1 aliphatic heterocycles. The normalized spacial score (nSPS) is 18.9. The third-order valence-electron chi connectivity index (χ3n) is 4.76. The van der Waals surface area contributed by atoms with Gasteiger partial charge in [0.2, 0.25) is 0 Å². The van der Waals surface area contributed by atoms with Crippen LogP contribution >= 0.6 is 0 Å². The van der Waals surface area contributed by atoms with E-state index in [1.807, 2.05) is 13.8 Å². The molecule has 0 radical (unpaired) electrons. The largest absolute Gasteiger partial charge is 0.333 e. The highest BCUT2D eigenvalue weighted by Gasteiger charge is 2.35. The summed E-state index contributed by atoms with van der Waals surface area (Å²) in [4.78, 5) is 27.3. The van der Waals surface area contributed by atoms with Crippen LogP contribution < -0.4 is 5.56 Å². The van der Waals surface area contributed by atoms with Gasteiger partial charge in [-0.3, -0.25) is 9.59 Å². The van der Waals surface area contributed by atoms with Crippen LogP contribution in [0.3, 0.4) is 0 Å². The summed E-state index contributed by atoms with van der Waals surface area (Å²) < 4.78 is 25.0. The van der Waals surface area contributed by atoms with Gasteiger partial charge in [-0.2, -0.15) is 5.10 Å². The van der Waals surface area contributed by atoms with E-state index in [4.69, 9.17) is 0 Å². The lowest BCUT2D eigenvalue weighted by molar-refractivity contribution is 0.0702. The van der Waals surface area contributed by atoms with Crippen molar-refractivity contribution < 1.29 is 13.2 Å². The number of nitrogens with zero attached hydrogens (tertiary/aromatic N) is 3. The number of rotatable bonds is 5. The van der Waals surface area contributed by atoms with E-state index < -0.39 is 9.84 Å². The van der Waals surface area contributed by atoms with E-state index in [2.05, 4.69) is 5.10 Å². The van der Waals surface area contributed by atoms with Gasteiger partial charge < -0.3 is 4.90 Å². The molecule has 0 spiro atoms. The van der Waals surface area contributed by atoms with Gasteiger partial charge in [0.25, 0.3) is 11.5 Å². The smallest absolute Gasteiger partial charge is 0.275 e. The van der Waals surface area contributed by atoms with Gasteiger partial charge in [-0.25, -0.2) is 13.1 Å². The van der Waals surface area contributed by atoms with E-state index >= 15 is 0 Å². The standard InChI is InChI=1S/C18H23N3O4S/c1-3-10-21-17(22)15-8-6-5-7-14(15)16(19-21)18(23)20(4-2)13-9-11-26(24,25)12-13/h5-8,13H,3-4,9-12H2,1-2H3/t13-/m0/s1. The molecule has 2 heterocycles. The van der Waals surface area contributed by atoms with Crippen molar-refractivity contribution in [2.45, 2.75) is 39.3 Å². The Hall–Kier alpha value is -2.22. The molecule has 3 rings (SSSR count). The second-order valence-corrected chi connectivity index (χ2v) is 8.80. The minimum atomic E-state index is -3.10. The highest BCUT2D eigenvalue weighted by atomic mass is 32.2. The Kier molecular flexibility index (Phi) is 5.13. The van der Waals surface area contributed by atoms with Crippen molar-refractivity contribution >= 4 is 26.5 Å². The van der Waals surface area contributed by atoms with Crippen LogP contribution in [0.15, 0.2) is 29.1 Å². The molecule has 26 heavy (non-hydrogen) atoms. The minimum Gasteiger partial charge on any atom is -0.333 e. The SMILES string of the molecule is CCCn1nc(C(=O)N(CC)[C@H]2CCS(=O)(=O)C2)c2ccccc2c1=O. The molecular formula is C18H23N3O4S. The fourth-order valence-electron chi connectivity index (χ4n) is 3.48. The lowest BCUT2D eigenvalue weighted by atomic mass is 10.1. The number of carbonyl (C=O) groups is 1. The summed E-state index contributed by atoms with van der Waals surface area (Å²) in [6.45, 7) is 4.58. The highest BCUT2D eigenvalue weighted by Crippen LogP contribution is 2.22. The second kappa shape index (κ2) is 7.19. The number of aryl methyl sites for hydroxylation is 1. The fraction of sp³-hybridized carbons (Fsp3) is 0.500. The van der Waals surface area contributed by atoms with Gasteiger partial charge in [0.1, 0.15) is 0 Å². The molecule has 1 aliphatic rings. The van der Waals surface area contributed by atoms with Gasteiger partial charge in [0, 0.05) is 24.5 Å². The lowest BCUT2D eigenvalue weighted by Gasteiger charge is -2.27. The molecule has 1 amide bonds. The minimum absolute atomic E-state index is 0.0148. The highest BCUT2D eigenvalue weighted by molar-refractivity contribution is 7.91. The maximum atomic E-state index is 13.2. The van der Waals surface area contributed by atoms with Gasteiger partial charge in [0.05, 0.1) is 16.9 Å². The van der Waals surface area contributed by atoms with Crippen LogP contribution in [0.5, 0.6) is 0 Å². The van der Waals surface area contributed by atoms with Crippen molar-refractivity contribution in [3.63, 3.8) is 0 Å². The van der Waals surface area contributed by atoms with E-state index in [1.165, 1.54) is 4.68 Å². The summed E-state index contributed by atoms with van der Waals surface area (Å²) in [6, 6.07) is 6.59. The van der Waals surface area contributed by atoms with E-state index in [1.54, 1.807) is 29.2 Å². The lowest BCUT2D eigenvalue weighted by Crippen LogP contribution is -2.42. The Morgan fingerprint density at radius 3 is 2.54 bits per heavy atom. The van der Waals surface area contributed by atoms with Gasteiger partial charge >= 0.3 is 0 Å². The zero-order valence-corrected chi connectivity index (χ0v) is 15.8. The first-order valence-corrected chi connectivity index (χ1v) is 10.7. The van der Waals surface area contributed by atoms with Crippen LogP contribution in [-0.2, 0) is 16.4 Å². The molecule has 1 fully saturated rings. The molecule has 1 saturated heterocycles. The average Bonchev–Trinajstić information content (AvgIpc) is 2.97. The first kappa shape index (κ1) is 18.6. The Morgan fingerprint density at radius 2 is 1.96 bits per heavy atom. The number of fused-ring (bicyclic) bond motifs is 1. The van der Waals surface area contributed by atoms with Crippen molar-refractivity contribution in [1.29, 1.82) is 0 Å². The molecule has 0 unspecified atom stereocenters. The van der Waals surface area contributed by atoms with Gasteiger partial charge in [-0.1, -0.05) is 25.1 Å². The van der Waals surface area contributed by atoms with Gasteiger partial charge in [-0.15, -0.1) is 0 Å². The number of benzene rings is 1. The molecule has 1 aromatic heterocycles. The first-order chi connectivity index (χ1) is 12.4. The molecule has 2 aromatic rings. The third-order valence-corrected chi connectivity index (χ3v) is 6.51. The monoisotopic (exact) mass is 377 g/mol. The molecule has 0 bridgehead atoms. The van der Waals surface area contributed by atoms with Crippen LogP contribution in [0.4, 0.5) is 0 Å². The first-order valence-electron chi connectivity index (χ1n) is 8.89. The van der Waals surface area contributed by atoms with Crippen molar-refractivity contribution in [3.8, 4) is 0 Å². The van der Waals surface area contributed by atoms with E-state index in [0.29, 0.717) is 30.3 Å². The summed E-state index contributed by atoms with van der Waals surface area (Å²) in [6.07, 6.45) is 1.16. The van der Waals surface area contributed by atoms with Crippen LogP contribution in [0.2, 0.25) is 0 Å². The van der Waals surface area contributed by atoms with Crippen molar-refractivity contribution in [2.24, 2.45) is 0 Å². The van der Waals surface area contributed by atoms with Crippen molar-refractivity contribution in [1.82, 2.24) is 14.7 Å². The summed E-state index contributed by atoms with van der Waals surface area (Å²) in [5.41, 5.74) is -0.00899. The van der Waals surface area contributed by atoms with Crippen LogP contribution in [0.25, 0.3) is 10.8 Å². The van der Waals surface area contributed by atoms with E-state index in [9.17, 15) is 18.0 Å². The zero-order chi connectivity index (χ0) is 18.9. The summed E-state index contributed by atoms with van der Waals surface area (Å²) in [5, 5.41) is 5.29. The Morgan fingerprint density at radius 1 is 1.27 bits per heavy atom. The Bertz CT molecular complexity index is 997. The number of aromatic nitrogens is 2. The second-order valence-electron chi connectivity index (χ2n) is 6.57. The molecule has 0 aliphatic carbocycles. The number of sulfone groups is 1. The van der Waals surface area contributed by atoms with E-state index in [-0.39, 0.29) is 34.7 Å². The topological polar surface area (TPSA) is 89.3 Å². The summed E-state index contributed by atoms with van der Waals surface area (Å²) >= 11 is 0. The molecule has 8 heteroatoms. The van der Waals surface area contributed by atoms with Gasteiger partial charge in [0.15, 0.2) is 15.5 Å². The predicted octanol–water partition coefficient (Wildman–Crippen LogP) is 1.46. The predicted molar refractivity (Wildman–Crippen MR) is 100 cm³/mol. The van der Waals surface area contributed by atoms with Crippen molar-refractivity contribution in [3.05, 3.63) is 40.3 Å². The molecule has 0 saturated carbocycles. The summed E-state index contributed by atoms with van der Waals surface area (Å²) in [7, 11) is -3.10. The molecular weight excluding hydrogens is 354 g/mol. The molecule has 140 valence electrons. The fourth-order valence-corrected chi connectivity index (χ4v) is 5.21. The maximum Gasteiger partial charge on any atom is 0.275 e. The zero-order valence-electron chi connectivity index (χ0n) is 15.0. The molecule has 1 aromatic carbocycles. The maximum absolute atomic E-state index is 13.2. The van der Waals surface area contributed by atoms with Crippen molar-refractivity contribution in [2.75, 3.05) is 18.1 Å². The molecule has 1 atom stereocenters. The molecule has 7 nitrogen and oxygen atoms in total. The average molecular weight is 377 g/mol. The van der Waals surface area contributed by atoms with Crippen LogP contribution in [-0.4, -0.2) is 53.1 Å². The molecule has 0 N–H and O–H groups in total. The van der Waals surface area contributed by atoms with Crippen LogP contribution in [0, 0.1) is 0 Å². The Labute approximate surface area is 152 Å². The number of carbonyl (C=O) groups excluding carboxylic acids is 1. The number of amides is 1. The summed E-state index contributed by atoms with van der Waals surface area (Å²) in [5.74, 6) is -0.236. The third kappa shape index (κ3) is 3.38. The number of hydrogen-bond donors (Lipinski definition) is 0. The van der Waals surface area contributed by atoms with E-state index in [0.717, 1.165) is 6.42 Å².